The number of halogens is 2. The monoisotopic (exact) mass is 633 g/mol. The average molecular weight is 635 g/mol. The third-order valence-corrected chi connectivity index (χ3v) is 8.68. The van der Waals surface area contributed by atoms with Crippen molar-refractivity contribution in [3.05, 3.63) is 80.7 Å². The number of nitrogens with one attached hydrogen (secondary N) is 1. The second kappa shape index (κ2) is 10.7. The molecule has 0 bridgehead atoms. The Labute approximate surface area is 227 Å². The maximum Gasteiger partial charge on any atom is 0.264 e. The number of benzene rings is 3. The van der Waals surface area contributed by atoms with Crippen LogP contribution in [0.5, 0.6) is 0 Å². The van der Waals surface area contributed by atoms with Gasteiger partial charge in [-0.2, -0.15) is 0 Å². The van der Waals surface area contributed by atoms with E-state index in [4.69, 9.17) is 0 Å². The lowest BCUT2D eigenvalue weighted by atomic mass is 10.1. The number of rotatable bonds is 6. The Morgan fingerprint density at radius 3 is 2.28 bits per heavy atom. The Hall–Kier alpha value is -2.69. The molecule has 36 heavy (non-hydrogen) atoms. The van der Waals surface area contributed by atoms with Crippen molar-refractivity contribution in [1.82, 2.24) is 0 Å². The summed E-state index contributed by atoms with van der Waals surface area (Å²) in [5.41, 5.74) is 3.46. The van der Waals surface area contributed by atoms with E-state index in [-0.39, 0.29) is 42.6 Å². The highest BCUT2D eigenvalue weighted by Gasteiger charge is 2.29. The third-order valence-electron chi connectivity index (χ3n) is 5.81. The van der Waals surface area contributed by atoms with E-state index in [9.17, 15) is 18.0 Å². The van der Waals surface area contributed by atoms with Gasteiger partial charge in [0.05, 0.1) is 22.0 Å². The first-order chi connectivity index (χ1) is 17.0. The summed E-state index contributed by atoms with van der Waals surface area (Å²) in [7, 11) is -3.95. The minimum atomic E-state index is -3.95. The summed E-state index contributed by atoms with van der Waals surface area (Å²) in [4.78, 5) is 27.3. The van der Waals surface area contributed by atoms with Crippen molar-refractivity contribution in [3.63, 3.8) is 0 Å². The standard InChI is InChI=1S/C26H25Br2N3O4S/c1-17-13-18(2)15-21(14-17)31(36(34,35)22-6-3-19(27)4-7-22)12-10-26(33)30-11-9-25(32)29-23-8-5-20(28)16-24(23)30/h3-8,13-16H,9-12H2,1-2H3,(H,29,32). The molecule has 0 spiro atoms. The summed E-state index contributed by atoms with van der Waals surface area (Å²) in [5, 5.41) is 2.82. The summed E-state index contributed by atoms with van der Waals surface area (Å²) in [6.45, 7) is 3.96. The Bertz CT molecular complexity index is 1410. The molecule has 1 aliphatic heterocycles. The molecule has 0 aliphatic carbocycles. The number of hydrogen-bond donors (Lipinski definition) is 1. The van der Waals surface area contributed by atoms with E-state index >= 15 is 0 Å². The quantitative estimate of drug-likeness (QED) is 0.372. The van der Waals surface area contributed by atoms with Gasteiger partial charge in [0.15, 0.2) is 0 Å². The zero-order valence-electron chi connectivity index (χ0n) is 19.8. The van der Waals surface area contributed by atoms with E-state index in [2.05, 4.69) is 37.2 Å². The van der Waals surface area contributed by atoms with Gasteiger partial charge in [-0.3, -0.25) is 13.9 Å². The van der Waals surface area contributed by atoms with Crippen LogP contribution in [0.2, 0.25) is 0 Å². The normalized spacial score (nSPS) is 13.6. The second-order valence-electron chi connectivity index (χ2n) is 8.63. The molecule has 0 fully saturated rings. The maximum absolute atomic E-state index is 13.7. The lowest BCUT2D eigenvalue weighted by Crippen LogP contribution is -2.38. The zero-order valence-corrected chi connectivity index (χ0v) is 23.8. The molecule has 188 valence electrons. The van der Waals surface area contributed by atoms with Crippen LogP contribution in [0.1, 0.15) is 24.0 Å². The molecule has 0 saturated heterocycles. The van der Waals surface area contributed by atoms with E-state index in [0.717, 1.165) is 20.1 Å². The molecule has 10 heteroatoms. The van der Waals surface area contributed by atoms with Crippen LogP contribution in [0, 0.1) is 13.8 Å². The fraction of sp³-hybridized carbons (Fsp3) is 0.231. The second-order valence-corrected chi connectivity index (χ2v) is 12.3. The van der Waals surface area contributed by atoms with Crippen LogP contribution in [-0.2, 0) is 19.6 Å². The average Bonchev–Trinajstić information content (AvgIpc) is 2.96. The molecule has 0 unspecified atom stereocenters. The number of sulfonamides is 1. The van der Waals surface area contributed by atoms with Gasteiger partial charge in [0.2, 0.25) is 11.8 Å². The largest absolute Gasteiger partial charge is 0.324 e. The minimum absolute atomic E-state index is 0.0542. The molecule has 0 aromatic heterocycles. The highest BCUT2D eigenvalue weighted by Crippen LogP contribution is 2.33. The van der Waals surface area contributed by atoms with Gasteiger partial charge in [-0.1, -0.05) is 37.9 Å². The summed E-state index contributed by atoms with van der Waals surface area (Å²) in [5.74, 6) is -0.449. The highest BCUT2D eigenvalue weighted by atomic mass is 79.9. The summed E-state index contributed by atoms with van der Waals surface area (Å²) in [6.07, 6.45) is 0.0823. The van der Waals surface area contributed by atoms with Gasteiger partial charge >= 0.3 is 0 Å². The fourth-order valence-electron chi connectivity index (χ4n) is 4.19. The molecule has 3 aromatic rings. The van der Waals surface area contributed by atoms with Crippen LogP contribution in [0.15, 0.2) is 74.5 Å². The molecular weight excluding hydrogens is 610 g/mol. The number of hydrogen-bond acceptors (Lipinski definition) is 4. The fourth-order valence-corrected chi connectivity index (χ4v) is 6.25. The van der Waals surface area contributed by atoms with Gasteiger partial charge in [0, 0.05) is 34.9 Å². The number of anilines is 3. The van der Waals surface area contributed by atoms with Gasteiger partial charge < -0.3 is 10.2 Å². The molecule has 2 amide bonds. The Balaban J connectivity index is 1.67. The van der Waals surface area contributed by atoms with Crippen LogP contribution in [0.25, 0.3) is 0 Å². The van der Waals surface area contributed by atoms with Crippen molar-refractivity contribution >= 4 is 70.8 Å². The van der Waals surface area contributed by atoms with Crippen LogP contribution in [0.3, 0.4) is 0 Å². The van der Waals surface area contributed by atoms with Crippen molar-refractivity contribution in [2.75, 3.05) is 27.6 Å². The predicted octanol–water partition coefficient (Wildman–Crippen LogP) is 5.79. The first-order valence-corrected chi connectivity index (χ1v) is 14.3. The lowest BCUT2D eigenvalue weighted by molar-refractivity contribution is -0.118. The van der Waals surface area contributed by atoms with E-state index < -0.39 is 10.0 Å². The van der Waals surface area contributed by atoms with Crippen LogP contribution in [0.4, 0.5) is 17.1 Å². The summed E-state index contributed by atoms with van der Waals surface area (Å²) < 4.78 is 30.3. The third kappa shape index (κ3) is 5.82. The molecule has 3 aromatic carbocycles. The molecule has 0 atom stereocenters. The van der Waals surface area contributed by atoms with Crippen LogP contribution < -0.4 is 14.5 Å². The van der Waals surface area contributed by atoms with E-state index in [1.54, 1.807) is 47.4 Å². The first kappa shape index (κ1) is 26.4. The number of fused-ring (bicyclic) bond motifs is 1. The SMILES string of the molecule is Cc1cc(C)cc(N(CCC(=O)N2CCC(=O)Nc3ccc(Br)cc32)S(=O)(=O)c2ccc(Br)cc2)c1. The van der Waals surface area contributed by atoms with Gasteiger partial charge in [0.1, 0.15) is 0 Å². The summed E-state index contributed by atoms with van der Waals surface area (Å²) >= 11 is 6.77. The smallest absolute Gasteiger partial charge is 0.264 e. The first-order valence-electron chi connectivity index (χ1n) is 11.3. The highest BCUT2D eigenvalue weighted by molar-refractivity contribution is 9.10. The number of carbonyl (C=O) groups excluding carboxylic acids is 2. The Kier molecular flexibility index (Phi) is 7.87. The molecule has 0 saturated carbocycles. The molecule has 1 heterocycles. The minimum Gasteiger partial charge on any atom is -0.324 e. The van der Waals surface area contributed by atoms with Crippen molar-refractivity contribution in [1.29, 1.82) is 0 Å². The molecule has 7 nitrogen and oxygen atoms in total. The van der Waals surface area contributed by atoms with Gasteiger partial charge in [-0.15, -0.1) is 0 Å². The maximum atomic E-state index is 13.7. The topological polar surface area (TPSA) is 86.8 Å². The Morgan fingerprint density at radius 1 is 0.972 bits per heavy atom. The van der Waals surface area contributed by atoms with E-state index in [1.807, 2.05) is 19.9 Å². The van der Waals surface area contributed by atoms with Crippen molar-refractivity contribution < 1.29 is 18.0 Å². The number of aryl methyl sites for hydroxylation is 2. The zero-order chi connectivity index (χ0) is 26.0. The van der Waals surface area contributed by atoms with Gasteiger partial charge in [-0.05, 0) is 79.6 Å². The molecular formula is C26H25Br2N3O4S. The van der Waals surface area contributed by atoms with Crippen LogP contribution in [-0.4, -0.2) is 33.3 Å². The molecule has 4 rings (SSSR count). The Morgan fingerprint density at radius 2 is 1.61 bits per heavy atom. The van der Waals surface area contributed by atoms with Gasteiger partial charge in [-0.25, -0.2) is 8.42 Å². The number of nitrogens with zero attached hydrogens (tertiary/aromatic N) is 2. The lowest BCUT2D eigenvalue weighted by Gasteiger charge is -2.27. The van der Waals surface area contributed by atoms with Gasteiger partial charge in [0.25, 0.3) is 10.0 Å². The molecule has 1 N–H and O–H groups in total. The van der Waals surface area contributed by atoms with Crippen molar-refractivity contribution in [3.8, 4) is 0 Å². The molecule has 1 aliphatic rings. The number of amides is 2. The molecule has 0 radical (unpaired) electrons. The predicted molar refractivity (Wildman–Crippen MR) is 149 cm³/mol. The number of carbonyl (C=O) groups is 2. The van der Waals surface area contributed by atoms with E-state index in [1.165, 1.54) is 16.4 Å². The van der Waals surface area contributed by atoms with Crippen molar-refractivity contribution in [2.24, 2.45) is 0 Å². The van der Waals surface area contributed by atoms with Crippen LogP contribution >= 0.6 is 31.9 Å². The summed E-state index contributed by atoms with van der Waals surface area (Å²) in [6, 6.07) is 17.3. The van der Waals surface area contributed by atoms with Crippen molar-refractivity contribution in [2.45, 2.75) is 31.6 Å². The van der Waals surface area contributed by atoms with E-state index in [0.29, 0.717) is 17.1 Å².